The second-order valence-electron chi connectivity index (χ2n) is 5.56. The summed E-state index contributed by atoms with van der Waals surface area (Å²) in [6, 6.07) is 1.79. The Morgan fingerprint density at radius 1 is 1.45 bits per heavy atom. The fourth-order valence-electron chi connectivity index (χ4n) is 2.88. The standard InChI is InChI=1S/C15H20N4O3/c1-10-8-13-16-17-14(9-21-3)19(13)6-5-18(10)15(20)12-4-7-22-11(12)2/h4,7,10H,5-6,8-9H2,1-3H3. The molecule has 1 aliphatic rings. The van der Waals surface area contributed by atoms with E-state index in [0.29, 0.717) is 37.4 Å². The van der Waals surface area contributed by atoms with E-state index in [0.717, 1.165) is 11.6 Å². The van der Waals surface area contributed by atoms with Crippen molar-refractivity contribution in [1.82, 2.24) is 19.7 Å². The van der Waals surface area contributed by atoms with Crippen LogP contribution >= 0.6 is 0 Å². The zero-order valence-corrected chi connectivity index (χ0v) is 13.1. The molecule has 2 aromatic rings. The molecule has 0 spiro atoms. The lowest BCUT2D eigenvalue weighted by atomic mass is 10.1. The highest BCUT2D eigenvalue weighted by atomic mass is 16.5. The van der Waals surface area contributed by atoms with Crippen LogP contribution in [-0.2, 0) is 24.3 Å². The lowest BCUT2D eigenvalue weighted by molar-refractivity contribution is 0.0693. The first kappa shape index (κ1) is 14.8. The summed E-state index contributed by atoms with van der Waals surface area (Å²) in [5.74, 6) is 2.36. The van der Waals surface area contributed by atoms with Gasteiger partial charge in [-0.15, -0.1) is 10.2 Å². The molecule has 7 nitrogen and oxygen atoms in total. The smallest absolute Gasteiger partial charge is 0.257 e. The van der Waals surface area contributed by atoms with Crippen LogP contribution in [0.4, 0.5) is 0 Å². The van der Waals surface area contributed by atoms with E-state index >= 15 is 0 Å². The highest BCUT2D eigenvalue weighted by Gasteiger charge is 2.29. The van der Waals surface area contributed by atoms with Crippen molar-refractivity contribution in [2.24, 2.45) is 0 Å². The van der Waals surface area contributed by atoms with Gasteiger partial charge in [0.25, 0.3) is 5.91 Å². The van der Waals surface area contributed by atoms with Crippen LogP contribution in [0.15, 0.2) is 16.7 Å². The molecule has 0 saturated heterocycles. The van der Waals surface area contributed by atoms with Gasteiger partial charge in [-0.25, -0.2) is 0 Å². The number of methoxy groups -OCH3 is 1. The summed E-state index contributed by atoms with van der Waals surface area (Å²) in [4.78, 5) is 14.6. The number of ether oxygens (including phenoxy) is 1. The van der Waals surface area contributed by atoms with Crippen molar-refractivity contribution in [3.8, 4) is 0 Å². The molecule has 0 fully saturated rings. The van der Waals surface area contributed by atoms with Crippen molar-refractivity contribution in [2.45, 2.75) is 39.5 Å². The Morgan fingerprint density at radius 3 is 2.95 bits per heavy atom. The summed E-state index contributed by atoms with van der Waals surface area (Å²) in [7, 11) is 1.64. The van der Waals surface area contributed by atoms with E-state index in [2.05, 4.69) is 14.8 Å². The van der Waals surface area contributed by atoms with Gasteiger partial charge < -0.3 is 18.6 Å². The molecule has 3 rings (SSSR count). The molecule has 1 unspecified atom stereocenters. The first-order valence-electron chi connectivity index (χ1n) is 7.36. The van der Waals surface area contributed by atoms with E-state index in [-0.39, 0.29) is 11.9 Å². The lowest BCUT2D eigenvalue weighted by Gasteiger charge is -2.26. The summed E-state index contributed by atoms with van der Waals surface area (Å²) in [6.45, 7) is 5.56. The van der Waals surface area contributed by atoms with Crippen LogP contribution in [0.5, 0.6) is 0 Å². The van der Waals surface area contributed by atoms with Crippen LogP contribution in [-0.4, -0.2) is 45.3 Å². The number of furan rings is 1. The third kappa shape index (κ3) is 2.52. The molecule has 0 N–H and O–H groups in total. The Morgan fingerprint density at radius 2 is 2.27 bits per heavy atom. The van der Waals surface area contributed by atoms with Crippen molar-refractivity contribution in [3.63, 3.8) is 0 Å². The van der Waals surface area contributed by atoms with Crippen LogP contribution in [0.1, 0.15) is 34.7 Å². The maximum Gasteiger partial charge on any atom is 0.257 e. The lowest BCUT2D eigenvalue weighted by Crippen LogP contribution is -2.40. The molecule has 1 aliphatic heterocycles. The maximum atomic E-state index is 12.7. The molecule has 0 saturated carbocycles. The van der Waals surface area contributed by atoms with Crippen LogP contribution < -0.4 is 0 Å². The minimum absolute atomic E-state index is 0.00533. The van der Waals surface area contributed by atoms with Gasteiger partial charge in [0.15, 0.2) is 5.82 Å². The third-order valence-electron chi connectivity index (χ3n) is 4.10. The fourth-order valence-corrected chi connectivity index (χ4v) is 2.88. The Balaban J connectivity index is 1.83. The number of hydrogen-bond donors (Lipinski definition) is 0. The van der Waals surface area contributed by atoms with Gasteiger partial charge in [-0.3, -0.25) is 4.79 Å². The Hall–Kier alpha value is -2.15. The Kier molecular flexibility index (Phi) is 3.98. The predicted molar refractivity (Wildman–Crippen MR) is 78.4 cm³/mol. The number of carbonyl (C=O) groups excluding carboxylic acids is 1. The monoisotopic (exact) mass is 304 g/mol. The number of fused-ring (bicyclic) bond motifs is 1. The zero-order valence-electron chi connectivity index (χ0n) is 13.1. The SMILES string of the molecule is COCc1nnc2n1CCN(C(=O)c1ccoc1C)C(C)C2. The van der Waals surface area contributed by atoms with Crippen molar-refractivity contribution in [1.29, 1.82) is 0 Å². The molecule has 3 heterocycles. The molecule has 2 aromatic heterocycles. The van der Waals surface area contributed by atoms with Crippen LogP contribution in [0.2, 0.25) is 0 Å². The summed E-state index contributed by atoms with van der Waals surface area (Å²) in [5, 5.41) is 8.40. The topological polar surface area (TPSA) is 73.4 Å². The molecule has 0 aliphatic carbocycles. The average molecular weight is 304 g/mol. The summed E-state index contributed by atoms with van der Waals surface area (Å²) in [5.41, 5.74) is 0.627. The first-order chi connectivity index (χ1) is 10.6. The number of aromatic nitrogens is 3. The van der Waals surface area contributed by atoms with E-state index in [9.17, 15) is 4.79 Å². The number of nitrogens with zero attached hydrogens (tertiary/aromatic N) is 4. The molecule has 0 aromatic carbocycles. The number of amides is 1. The maximum absolute atomic E-state index is 12.7. The average Bonchev–Trinajstić information content (AvgIpc) is 3.03. The minimum Gasteiger partial charge on any atom is -0.469 e. The Bertz CT molecular complexity index is 676. The van der Waals surface area contributed by atoms with Crippen molar-refractivity contribution >= 4 is 5.91 Å². The number of aryl methyl sites for hydroxylation is 1. The first-order valence-corrected chi connectivity index (χ1v) is 7.36. The van der Waals surface area contributed by atoms with Crippen LogP contribution in [0.25, 0.3) is 0 Å². The van der Waals surface area contributed by atoms with Crippen LogP contribution in [0, 0.1) is 6.92 Å². The second kappa shape index (κ2) is 5.92. The number of rotatable bonds is 3. The van der Waals surface area contributed by atoms with Crippen LogP contribution in [0.3, 0.4) is 0 Å². The largest absolute Gasteiger partial charge is 0.469 e. The predicted octanol–water partition coefficient (Wildman–Crippen LogP) is 1.41. The minimum atomic E-state index is 0.00533. The fraction of sp³-hybridized carbons (Fsp3) is 0.533. The van der Waals surface area contributed by atoms with Crippen molar-refractivity contribution in [2.75, 3.05) is 13.7 Å². The van der Waals surface area contributed by atoms with Gasteiger partial charge >= 0.3 is 0 Å². The van der Waals surface area contributed by atoms with Gasteiger partial charge in [-0.1, -0.05) is 0 Å². The molecule has 7 heteroatoms. The molecule has 1 amide bonds. The van der Waals surface area contributed by atoms with Gasteiger partial charge in [0, 0.05) is 32.7 Å². The summed E-state index contributed by atoms with van der Waals surface area (Å²) in [6.07, 6.45) is 2.23. The molecule has 1 atom stereocenters. The van der Waals surface area contributed by atoms with Crippen molar-refractivity contribution in [3.05, 3.63) is 35.3 Å². The molecule has 0 bridgehead atoms. The van der Waals surface area contributed by atoms with E-state index in [1.165, 1.54) is 0 Å². The summed E-state index contributed by atoms with van der Waals surface area (Å²) >= 11 is 0. The molecule has 118 valence electrons. The third-order valence-corrected chi connectivity index (χ3v) is 4.10. The second-order valence-corrected chi connectivity index (χ2v) is 5.56. The number of hydrogen-bond acceptors (Lipinski definition) is 5. The quantitative estimate of drug-likeness (QED) is 0.857. The molecule has 0 radical (unpaired) electrons. The normalized spacial score (nSPS) is 18.1. The van der Waals surface area contributed by atoms with Gasteiger partial charge in [0.2, 0.25) is 0 Å². The van der Waals surface area contributed by atoms with Crippen molar-refractivity contribution < 1.29 is 13.9 Å². The van der Waals surface area contributed by atoms with E-state index < -0.39 is 0 Å². The van der Waals surface area contributed by atoms with E-state index in [1.54, 1.807) is 26.4 Å². The number of carbonyl (C=O) groups is 1. The van der Waals surface area contributed by atoms with Gasteiger partial charge in [0.05, 0.1) is 11.8 Å². The van der Waals surface area contributed by atoms with Gasteiger partial charge in [0.1, 0.15) is 18.2 Å². The summed E-state index contributed by atoms with van der Waals surface area (Å²) < 4.78 is 12.5. The highest BCUT2D eigenvalue weighted by Crippen LogP contribution is 2.19. The van der Waals surface area contributed by atoms with Gasteiger partial charge in [-0.2, -0.15) is 0 Å². The molecular formula is C15H20N4O3. The zero-order chi connectivity index (χ0) is 15.7. The Labute approximate surface area is 128 Å². The molecular weight excluding hydrogens is 284 g/mol. The highest BCUT2D eigenvalue weighted by molar-refractivity contribution is 5.95. The van der Waals surface area contributed by atoms with E-state index in [4.69, 9.17) is 9.15 Å². The molecule has 22 heavy (non-hydrogen) atoms. The van der Waals surface area contributed by atoms with Gasteiger partial charge in [-0.05, 0) is 19.9 Å². The van der Waals surface area contributed by atoms with E-state index in [1.807, 2.05) is 11.8 Å².